The van der Waals surface area contributed by atoms with Crippen molar-refractivity contribution in [2.45, 2.75) is 18.4 Å². The number of halogens is 1. The van der Waals surface area contributed by atoms with E-state index in [1.807, 2.05) is 43.3 Å². The van der Waals surface area contributed by atoms with Gasteiger partial charge in [0.2, 0.25) is 15.9 Å². The molecule has 150 valence electrons. The first-order valence-electron chi connectivity index (χ1n) is 9.01. The van der Waals surface area contributed by atoms with Gasteiger partial charge in [0.05, 0.1) is 17.1 Å². The minimum atomic E-state index is -3.85. The van der Waals surface area contributed by atoms with E-state index in [0.29, 0.717) is 5.69 Å². The number of nitrogens with zero attached hydrogens (tertiary/aromatic N) is 1. The first-order valence-corrected chi connectivity index (χ1v) is 11.2. The van der Waals surface area contributed by atoms with Crippen LogP contribution >= 0.6 is 15.9 Å². The number of nitrogens with one attached hydrogen (secondary N) is 1. The van der Waals surface area contributed by atoms with Crippen LogP contribution in [0.25, 0.3) is 0 Å². The van der Waals surface area contributed by atoms with Crippen molar-refractivity contribution in [2.75, 3.05) is 11.9 Å². The summed E-state index contributed by atoms with van der Waals surface area (Å²) in [7, 11) is -3.85. The predicted octanol–water partition coefficient (Wildman–Crippen LogP) is 4.59. The number of anilines is 1. The van der Waals surface area contributed by atoms with Crippen LogP contribution in [0.2, 0.25) is 0 Å². The number of aryl methyl sites for hydroxylation is 1. The molecule has 3 aromatic rings. The third-order valence-corrected chi connectivity index (χ3v) is 6.83. The SMILES string of the molecule is Cc1ccc(S(=O)(=O)N(CC(=O)Nc2ccccc2Br)Cc2ccccc2)cc1. The Morgan fingerprint density at radius 1 is 0.931 bits per heavy atom. The van der Waals surface area contributed by atoms with Crippen LogP contribution in [0.5, 0.6) is 0 Å². The summed E-state index contributed by atoms with van der Waals surface area (Å²) in [6.07, 6.45) is 0. The Hall–Kier alpha value is -2.48. The van der Waals surface area contributed by atoms with E-state index >= 15 is 0 Å². The summed E-state index contributed by atoms with van der Waals surface area (Å²) in [6.45, 7) is 1.69. The second-order valence-electron chi connectivity index (χ2n) is 6.60. The fourth-order valence-corrected chi connectivity index (χ4v) is 4.55. The van der Waals surface area contributed by atoms with Gasteiger partial charge in [0, 0.05) is 11.0 Å². The van der Waals surface area contributed by atoms with Crippen molar-refractivity contribution in [3.05, 3.63) is 94.5 Å². The normalized spacial score (nSPS) is 11.4. The number of sulfonamides is 1. The van der Waals surface area contributed by atoms with Crippen molar-refractivity contribution in [2.24, 2.45) is 0 Å². The molecule has 0 aliphatic rings. The lowest BCUT2D eigenvalue weighted by Gasteiger charge is -2.22. The molecule has 3 rings (SSSR count). The third-order valence-electron chi connectivity index (χ3n) is 4.33. The highest BCUT2D eigenvalue weighted by Crippen LogP contribution is 2.22. The molecule has 5 nitrogen and oxygen atoms in total. The van der Waals surface area contributed by atoms with Gasteiger partial charge >= 0.3 is 0 Å². The molecule has 29 heavy (non-hydrogen) atoms. The summed E-state index contributed by atoms with van der Waals surface area (Å²) in [5.74, 6) is -0.413. The monoisotopic (exact) mass is 472 g/mol. The molecule has 0 fully saturated rings. The van der Waals surface area contributed by atoms with Crippen molar-refractivity contribution in [1.82, 2.24) is 4.31 Å². The van der Waals surface area contributed by atoms with E-state index in [0.717, 1.165) is 15.6 Å². The molecule has 0 spiro atoms. The van der Waals surface area contributed by atoms with Crippen LogP contribution in [0.3, 0.4) is 0 Å². The Morgan fingerprint density at radius 2 is 1.55 bits per heavy atom. The number of amides is 1. The number of carbonyl (C=O) groups is 1. The van der Waals surface area contributed by atoms with Gasteiger partial charge in [-0.2, -0.15) is 4.31 Å². The second-order valence-corrected chi connectivity index (χ2v) is 9.39. The van der Waals surface area contributed by atoms with Crippen molar-refractivity contribution in [3.8, 4) is 0 Å². The van der Waals surface area contributed by atoms with Crippen LogP contribution in [0.4, 0.5) is 5.69 Å². The molecular weight excluding hydrogens is 452 g/mol. The zero-order chi connectivity index (χ0) is 20.9. The van der Waals surface area contributed by atoms with E-state index in [9.17, 15) is 13.2 Å². The van der Waals surface area contributed by atoms with Crippen molar-refractivity contribution in [3.63, 3.8) is 0 Å². The lowest BCUT2D eigenvalue weighted by molar-refractivity contribution is -0.116. The van der Waals surface area contributed by atoms with E-state index in [1.54, 1.807) is 42.5 Å². The van der Waals surface area contributed by atoms with Crippen molar-refractivity contribution < 1.29 is 13.2 Å². The maximum Gasteiger partial charge on any atom is 0.243 e. The number of carbonyl (C=O) groups excluding carboxylic acids is 1. The highest BCUT2D eigenvalue weighted by molar-refractivity contribution is 9.10. The lowest BCUT2D eigenvalue weighted by atomic mass is 10.2. The van der Waals surface area contributed by atoms with Crippen molar-refractivity contribution >= 4 is 37.5 Å². The molecule has 3 aromatic carbocycles. The van der Waals surface area contributed by atoms with Gasteiger partial charge in [-0.05, 0) is 52.7 Å². The number of benzene rings is 3. The summed E-state index contributed by atoms with van der Waals surface area (Å²) in [5.41, 5.74) is 2.35. The zero-order valence-corrected chi connectivity index (χ0v) is 18.3. The zero-order valence-electron chi connectivity index (χ0n) is 15.9. The van der Waals surface area contributed by atoms with Gasteiger partial charge in [-0.25, -0.2) is 8.42 Å². The maximum absolute atomic E-state index is 13.2. The molecule has 0 aromatic heterocycles. The van der Waals surface area contributed by atoms with Crippen LogP contribution in [0.1, 0.15) is 11.1 Å². The Balaban J connectivity index is 1.87. The van der Waals surface area contributed by atoms with Crippen LogP contribution in [0.15, 0.2) is 88.2 Å². The Kier molecular flexibility index (Phi) is 6.84. The standard InChI is InChI=1S/C22H21BrN2O3S/c1-17-11-13-19(14-12-17)29(27,28)25(15-18-7-3-2-4-8-18)16-22(26)24-21-10-6-5-9-20(21)23/h2-14H,15-16H2,1H3,(H,24,26). The molecule has 7 heteroatoms. The average Bonchev–Trinajstić information content (AvgIpc) is 2.70. The summed E-state index contributed by atoms with van der Waals surface area (Å²) >= 11 is 3.38. The number of rotatable bonds is 7. The largest absolute Gasteiger partial charge is 0.324 e. The molecule has 1 amide bonds. The van der Waals surface area contributed by atoms with Gasteiger partial charge in [-0.1, -0.05) is 60.2 Å². The van der Waals surface area contributed by atoms with E-state index in [2.05, 4.69) is 21.2 Å². The Labute approximate surface area is 179 Å². The highest BCUT2D eigenvalue weighted by Gasteiger charge is 2.27. The lowest BCUT2D eigenvalue weighted by Crippen LogP contribution is -2.37. The van der Waals surface area contributed by atoms with Gasteiger partial charge in [-0.3, -0.25) is 4.79 Å². The number of hydrogen-bond acceptors (Lipinski definition) is 3. The van der Waals surface area contributed by atoms with E-state index < -0.39 is 15.9 Å². The average molecular weight is 473 g/mol. The molecule has 0 saturated carbocycles. The van der Waals surface area contributed by atoms with Gasteiger partial charge in [-0.15, -0.1) is 0 Å². The van der Waals surface area contributed by atoms with E-state index in [1.165, 1.54) is 4.31 Å². The molecule has 0 radical (unpaired) electrons. The van der Waals surface area contributed by atoms with Gasteiger partial charge in [0.1, 0.15) is 0 Å². The molecule has 1 N–H and O–H groups in total. The first kappa shape index (κ1) is 21.2. The molecule has 0 heterocycles. The predicted molar refractivity (Wildman–Crippen MR) is 118 cm³/mol. The van der Waals surface area contributed by atoms with Crippen LogP contribution < -0.4 is 5.32 Å². The first-order chi connectivity index (χ1) is 13.9. The molecule has 0 saturated heterocycles. The minimum Gasteiger partial charge on any atom is -0.324 e. The quantitative estimate of drug-likeness (QED) is 0.546. The summed E-state index contributed by atoms with van der Waals surface area (Å²) in [6, 6.07) is 23.0. The molecule has 0 unspecified atom stereocenters. The van der Waals surface area contributed by atoms with Crippen molar-refractivity contribution in [1.29, 1.82) is 0 Å². The second kappa shape index (κ2) is 9.35. The maximum atomic E-state index is 13.2. The Morgan fingerprint density at radius 3 is 2.21 bits per heavy atom. The highest BCUT2D eigenvalue weighted by atomic mass is 79.9. The fraction of sp³-hybridized carbons (Fsp3) is 0.136. The van der Waals surface area contributed by atoms with E-state index in [-0.39, 0.29) is 18.0 Å². The van der Waals surface area contributed by atoms with Crippen LogP contribution in [0, 0.1) is 6.92 Å². The van der Waals surface area contributed by atoms with Gasteiger partial charge in [0.25, 0.3) is 0 Å². The molecule has 0 atom stereocenters. The minimum absolute atomic E-state index is 0.0976. The number of para-hydroxylation sites is 1. The third kappa shape index (κ3) is 5.53. The smallest absolute Gasteiger partial charge is 0.243 e. The Bertz CT molecular complexity index is 1080. The summed E-state index contributed by atoms with van der Waals surface area (Å²) < 4.78 is 28.4. The molecule has 0 aliphatic carbocycles. The number of hydrogen-bond donors (Lipinski definition) is 1. The topological polar surface area (TPSA) is 66.5 Å². The van der Waals surface area contributed by atoms with Crippen LogP contribution in [-0.2, 0) is 21.4 Å². The van der Waals surface area contributed by atoms with Crippen LogP contribution in [-0.4, -0.2) is 25.2 Å². The molecule has 0 bridgehead atoms. The summed E-state index contributed by atoms with van der Waals surface area (Å²) in [4.78, 5) is 12.8. The fourth-order valence-electron chi connectivity index (χ4n) is 2.78. The molecular formula is C22H21BrN2O3S. The molecule has 0 aliphatic heterocycles. The van der Waals surface area contributed by atoms with E-state index in [4.69, 9.17) is 0 Å². The van der Waals surface area contributed by atoms with Gasteiger partial charge < -0.3 is 5.32 Å². The summed E-state index contributed by atoms with van der Waals surface area (Å²) in [5, 5.41) is 2.77. The van der Waals surface area contributed by atoms with Gasteiger partial charge in [0.15, 0.2) is 0 Å².